The van der Waals surface area contributed by atoms with Crippen molar-refractivity contribution < 1.29 is 4.39 Å². The Morgan fingerprint density at radius 1 is 1.11 bits per heavy atom. The van der Waals surface area contributed by atoms with Gasteiger partial charge in [0.15, 0.2) is 5.82 Å². The number of benzene rings is 2. The maximum absolute atomic E-state index is 14.3. The van der Waals surface area contributed by atoms with E-state index < -0.39 is 5.82 Å². The first-order chi connectivity index (χ1) is 13.1. The van der Waals surface area contributed by atoms with Crippen LogP contribution in [0.15, 0.2) is 42.6 Å². The number of halogens is 2. The monoisotopic (exact) mass is 383 g/mol. The molecule has 0 bridgehead atoms. The number of pyridine rings is 1. The van der Waals surface area contributed by atoms with Crippen LogP contribution < -0.4 is 5.32 Å². The Labute approximate surface area is 164 Å². The summed E-state index contributed by atoms with van der Waals surface area (Å²) < 4.78 is 14.3. The van der Waals surface area contributed by atoms with E-state index in [0.717, 1.165) is 25.0 Å². The molecule has 0 amide bonds. The van der Waals surface area contributed by atoms with Crippen LogP contribution in [0.25, 0.3) is 10.8 Å². The van der Waals surface area contributed by atoms with E-state index >= 15 is 0 Å². The Morgan fingerprint density at radius 2 is 1.89 bits per heavy atom. The van der Waals surface area contributed by atoms with Gasteiger partial charge in [0.05, 0.1) is 10.7 Å². The first-order valence-corrected chi connectivity index (χ1v) is 9.82. The van der Waals surface area contributed by atoms with Crippen LogP contribution in [-0.2, 0) is 6.54 Å². The number of anilines is 2. The first kappa shape index (κ1) is 18.2. The van der Waals surface area contributed by atoms with Crippen molar-refractivity contribution in [2.75, 3.05) is 18.4 Å². The van der Waals surface area contributed by atoms with Crippen LogP contribution in [0.2, 0.25) is 5.02 Å². The van der Waals surface area contributed by atoms with Gasteiger partial charge in [-0.25, -0.2) is 9.37 Å². The van der Waals surface area contributed by atoms with Gasteiger partial charge in [0.1, 0.15) is 5.82 Å². The van der Waals surface area contributed by atoms with Crippen molar-refractivity contribution in [3.63, 3.8) is 0 Å². The SMILES string of the molecule is Cc1cccc2c(Nc3cccc(Cl)c3F)ncc(CN3CCCCC3)c12. The maximum atomic E-state index is 14.3. The summed E-state index contributed by atoms with van der Waals surface area (Å²) >= 11 is 5.92. The number of rotatable bonds is 4. The summed E-state index contributed by atoms with van der Waals surface area (Å²) in [7, 11) is 0. The van der Waals surface area contributed by atoms with Gasteiger partial charge < -0.3 is 5.32 Å². The topological polar surface area (TPSA) is 28.2 Å². The van der Waals surface area contributed by atoms with E-state index in [9.17, 15) is 4.39 Å². The van der Waals surface area contributed by atoms with Crippen LogP contribution in [-0.4, -0.2) is 23.0 Å². The molecule has 0 radical (unpaired) electrons. The average molecular weight is 384 g/mol. The fourth-order valence-corrected chi connectivity index (χ4v) is 4.05. The Kier molecular flexibility index (Phi) is 5.28. The van der Waals surface area contributed by atoms with Gasteiger partial charge in [-0.05, 0) is 61.5 Å². The van der Waals surface area contributed by atoms with Gasteiger partial charge in [0, 0.05) is 18.1 Å². The van der Waals surface area contributed by atoms with E-state index in [-0.39, 0.29) is 5.02 Å². The number of likely N-dealkylation sites (tertiary alicyclic amines) is 1. The Balaban J connectivity index is 1.73. The number of aromatic nitrogens is 1. The molecule has 1 aliphatic rings. The predicted octanol–water partition coefficient (Wildman–Crippen LogP) is 6.07. The van der Waals surface area contributed by atoms with Crippen LogP contribution in [0, 0.1) is 12.7 Å². The molecule has 1 aromatic heterocycles. The van der Waals surface area contributed by atoms with E-state index in [4.69, 9.17) is 11.6 Å². The number of aryl methyl sites for hydroxylation is 1. The third-order valence-electron chi connectivity index (χ3n) is 5.25. The normalized spacial score (nSPS) is 15.2. The highest BCUT2D eigenvalue weighted by molar-refractivity contribution is 6.31. The van der Waals surface area contributed by atoms with Gasteiger partial charge >= 0.3 is 0 Å². The highest BCUT2D eigenvalue weighted by Gasteiger charge is 2.16. The number of hydrogen-bond donors (Lipinski definition) is 1. The lowest BCUT2D eigenvalue weighted by molar-refractivity contribution is 0.221. The van der Waals surface area contributed by atoms with E-state index in [2.05, 4.69) is 28.2 Å². The fourth-order valence-electron chi connectivity index (χ4n) is 3.87. The maximum Gasteiger partial charge on any atom is 0.165 e. The van der Waals surface area contributed by atoms with Crippen molar-refractivity contribution >= 4 is 33.9 Å². The lowest BCUT2D eigenvalue weighted by atomic mass is 10.0. The smallest absolute Gasteiger partial charge is 0.165 e. The molecule has 1 fully saturated rings. The quantitative estimate of drug-likeness (QED) is 0.593. The molecular formula is C22H23ClFN3. The molecule has 5 heteroatoms. The van der Waals surface area contributed by atoms with E-state index in [1.165, 1.54) is 35.8 Å². The molecule has 0 unspecified atom stereocenters. The van der Waals surface area contributed by atoms with Crippen molar-refractivity contribution in [3.8, 4) is 0 Å². The zero-order valence-corrected chi connectivity index (χ0v) is 16.2. The highest BCUT2D eigenvalue weighted by atomic mass is 35.5. The minimum Gasteiger partial charge on any atom is -0.337 e. The molecule has 27 heavy (non-hydrogen) atoms. The van der Waals surface area contributed by atoms with Gasteiger partial charge in [0.2, 0.25) is 0 Å². The lowest BCUT2D eigenvalue weighted by Crippen LogP contribution is -2.29. The standard InChI is InChI=1S/C22H23ClFN3/c1-15-7-5-8-17-20(15)16(14-27-11-3-2-4-12-27)13-25-22(17)26-19-10-6-9-18(23)21(19)24/h5-10,13H,2-4,11-12,14H2,1H3,(H,25,26). The molecule has 0 saturated carbocycles. The lowest BCUT2D eigenvalue weighted by Gasteiger charge is -2.27. The van der Waals surface area contributed by atoms with Gasteiger partial charge in [0.25, 0.3) is 0 Å². The zero-order chi connectivity index (χ0) is 18.8. The third kappa shape index (κ3) is 3.78. The minimum atomic E-state index is -0.459. The van der Waals surface area contributed by atoms with Gasteiger partial charge in [-0.1, -0.05) is 42.3 Å². The molecule has 140 valence electrons. The summed E-state index contributed by atoms with van der Waals surface area (Å²) in [6.07, 6.45) is 5.77. The number of piperidine rings is 1. The molecule has 3 aromatic rings. The molecule has 0 aliphatic carbocycles. The number of nitrogens with one attached hydrogen (secondary N) is 1. The molecule has 0 atom stereocenters. The largest absolute Gasteiger partial charge is 0.337 e. The van der Waals surface area contributed by atoms with E-state index in [0.29, 0.717) is 11.5 Å². The molecule has 4 rings (SSSR count). The van der Waals surface area contributed by atoms with Gasteiger partial charge in [-0.15, -0.1) is 0 Å². The molecular weight excluding hydrogens is 361 g/mol. The second-order valence-corrected chi connectivity index (χ2v) is 7.60. The van der Waals surface area contributed by atoms with Crippen molar-refractivity contribution in [1.29, 1.82) is 0 Å². The van der Waals surface area contributed by atoms with E-state index in [1.54, 1.807) is 18.2 Å². The van der Waals surface area contributed by atoms with Gasteiger partial charge in [-0.2, -0.15) is 0 Å². The zero-order valence-electron chi connectivity index (χ0n) is 15.4. The Bertz CT molecular complexity index is 967. The third-order valence-corrected chi connectivity index (χ3v) is 5.54. The van der Waals surface area contributed by atoms with Crippen LogP contribution >= 0.6 is 11.6 Å². The van der Waals surface area contributed by atoms with Crippen molar-refractivity contribution in [3.05, 3.63) is 64.6 Å². The average Bonchev–Trinajstić information content (AvgIpc) is 2.68. The van der Waals surface area contributed by atoms with Crippen LogP contribution in [0.3, 0.4) is 0 Å². The summed E-state index contributed by atoms with van der Waals surface area (Å²) in [5, 5.41) is 5.43. The van der Waals surface area contributed by atoms with Crippen LogP contribution in [0.4, 0.5) is 15.9 Å². The number of nitrogens with zero attached hydrogens (tertiary/aromatic N) is 2. The summed E-state index contributed by atoms with van der Waals surface area (Å²) in [6.45, 7) is 5.30. The molecule has 2 aromatic carbocycles. The Morgan fingerprint density at radius 3 is 2.70 bits per heavy atom. The number of fused-ring (bicyclic) bond motifs is 1. The summed E-state index contributed by atoms with van der Waals surface area (Å²) in [5.74, 6) is 0.191. The van der Waals surface area contributed by atoms with Crippen LogP contribution in [0.5, 0.6) is 0 Å². The Hall–Kier alpha value is -2.17. The minimum absolute atomic E-state index is 0.0993. The summed E-state index contributed by atoms with van der Waals surface area (Å²) in [6, 6.07) is 11.1. The molecule has 0 spiro atoms. The second kappa shape index (κ2) is 7.83. The molecule has 3 nitrogen and oxygen atoms in total. The van der Waals surface area contributed by atoms with E-state index in [1.807, 2.05) is 18.3 Å². The molecule has 1 aliphatic heterocycles. The van der Waals surface area contributed by atoms with Crippen molar-refractivity contribution in [2.45, 2.75) is 32.7 Å². The first-order valence-electron chi connectivity index (χ1n) is 9.44. The van der Waals surface area contributed by atoms with Crippen molar-refractivity contribution in [2.24, 2.45) is 0 Å². The number of hydrogen-bond acceptors (Lipinski definition) is 3. The predicted molar refractivity (Wildman–Crippen MR) is 110 cm³/mol. The van der Waals surface area contributed by atoms with Crippen molar-refractivity contribution in [1.82, 2.24) is 9.88 Å². The highest BCUT2D eigenvalue weighted by Crippen LogP contribution is 2.32. The van der Waals surface area contributed by atoms with Gasteiger partial charge in [-0.3, -0.25) is 4.90 Å². The fraction of sp³-hybridized carbons (Fsp3) is 0.318. The molecule has 1 N–H and O–H groups in total. The second-order valence-electron chi connectivity index (χ2n) is 7.19. The summed E-state index contributed by atoms with van der Waals surface area (Å²) in [5.41, 5.74) is 2.76. The summed E-state index contributed by atoms with van der Waals surface area (Å²) in [4.78, 5) is 7.13. The van der Waals surface area contributed by atoms with Crippen LogP contribution in [0.1, 0.15) is 30.4 Å². The molecule has 2 heterocycles. The molecule has 1 saturated heterocycles.